The molecule has 6 heteroatoms. The van der Waals surface area contributed by atoms with Gasteiger partial charge >= 0.3 is 5.97 Å². The molecule has 0 aliphatic rings. The fourth-order valence-electron chi connectivity index (χ4n) is 3.18. The molecule has 6 nitrogen and oxygen atoms in total. The molecule has 0 aliphatic carbocycles. The smallest absolute Gasteiger partial charge is 0.328 e. The Hall–Kier alpha value is -2.44. The molecular weight excluding hydrogens is 358 g/mol. The summed E-state index contributed by atoms with van der Waals surface area (Å²) in [5.74, 6) is -1.45. The molecule has 1 rings (SSSR count). The number of nitrogens with one attached hydrogen (secondary N) is 1. The van der Waals surface area contributed by atoms with E-state index in [2.05, 4.69) is 30.4 Å². The van der Waals surface area contributed by atoms with Gasteiger partial charge in [-0.25, -0.2) is 4.79 Å². The Labute approximate surface area is 166 Å². The molecule has 154 valence electrons. The number of carbonyl (C=O) groups is 2. The molecule has 0 aromatic heterocycles. The minimum Gasteiger partial charge on any atom is -0.480 e. The predicted molar refractivity (Wildman–Crippen MR) is 110 cm³/mol. The fraction of sp³-hybridized carbons (Fsp3) is 0.455. The van der Waals surface area contributed by atoms with Crippen molar-refractivity contribution < 1.29 is 24.9 Å². The van der Waals surface area contributed by atoms with Crippen LogP contribution in [0, 0.1) is 12.8 Å². The second-order valence-corrected chi connectivity index (χ2v) is 7.23. The second-order valence-electron chi connectivity index (χ2n) is 7.23. The molecule has 1 aromatic rings. The first-order chi connectivity index (χ1) is 13.2. The lowest BCUT2D eigenvalue weighted by Crippen LogP contribution is -2.43. The van der Waals surface area contributed by atoms with Gasteiger partial charge < -0.3 is 20.6 Å². The van der Waals surface area contributed by atoms with Crippen molar-refractivity contribution in [3.8, 4) is 0 Å². The Bertz CT molecular complexity index is 738. The average Bonchev–Trinajstić information content (AvgIpc) is 2.63. The van der Waals surface area contributed by atoms with Crippen molar-refractivity contribution in [1.82, 2.24) is 5.32 Å². The summed E-state index contributed by atoms with van der Waals surface area (Å²) in [6.07, 6.45) is 6.25. The van der Waals surface area contributed by atoms with Crippen molar-refractivity contribution in [3.05, 3.63) is 52.6 Å². The van der Waals surface area contributed by atoms with Crippen LogP contribution in [0.2, 0.25) is 0 Å². The highest BCUT2D eigenvalue weighted by atomic mass is 16.4. The van der Waals surface area contributed by atoms with Crippen LogP contribution in [-0.4, -0.2) is 46.5 Å². The van der Waals surface area contributed by atoms with Gasteiger partial charge in [0.15, 0.2) is 6.04 Å². The van der Waals surface area contributed by atoms with Crippen LogP contribution in [-0.2, 0) is 9.59 Å². The van der Waals surface area contributed by atoms with Crippen LogP contribution < -0.4 is 5.32 Å². The molecule has 0 radical (unpaired) electrons. The number of aryl methyl sites for hydroxylation is 1. The summed E-state index contributed by atoms with van der Waals surface area (Å²) in [5, 5.41) is 29.3. The van der Waals surface area contributed by atoms with Gasteiger partial charge in [-0.3, -0.25) is 4.79 Å². The monoisotopic (exact) mass is 389 g/mol. The van der Waals surface area contributed by atoms with Crippen LogP contribution in [0.4, 0.5) is 0 Å². The molecule has 0 unspecified atom stereocenters. The Morgan fingerprint density at radius 1 is 1.21 bits per heavy atom. The van der Waals surface area contributed by atoms with Crippen molar-refractivity contribution in [2.75, 3.05) is 13.2 Å². The summed E-state index contributed by atoms with van der Waals surface area (Å²) in [4.78, 5) is 23.1. The highest BCUT2D eigenvalue weighted by molar-refractivity contribution is 5.95. The molecule has 0 aliphatic heterocycles. The van der Waals surface area contributed by atoms with E-state index in [-0.39, 0.29) is 18.4 Å². The molecule has 0 saturated carbocycles. The maximum absolute atomic E-state index is 12.1. The summed E-state index contributed by atoms with van der Waals surface area (Å²) in [6.45, 7) is 7.11. The molecule has 1 amide bonds. The van der Waals surface area contributed by atoms with E-state index in [0.717, 1.165) is 17.5 Å². The molecule has 0 saturated heterocycles. The number of amides is 1. The standard InChI is InChI=1S/C22H31NO5/c1-14-7-8-19(18(12-14)6-5-9-24)16(3)10-15(2)11-17(4)21(26)23-20(13-25)22(27)28/h5-8,11-12,15-16,20,24-25H,9-10,13H2,1-4H3,(H,23,26)(H,27,28)/t15-,16+,20-/m0/s1. The van der Waals surface area contributed by atoms with Gasteiger partial charge in [-0.15, -0.1) is 0 Å². The van der Waals surface area contributed by atoms with Crippen molar-refractivity contribution in [2.24, 2.45) is 5.92 Å². The third-order valence-electron chi connectivity index (χ3n) is 4.58. The number of benzene rings is 1. The lowest BCUT2D eigenvalue weighted by molar-refractivity contribution is -0.142. The van der Waals surface area contributed by atoms with Gasteiger partial charge in [0.05, 0.1) is 13.2 Å². The third-order valence-corrected chi connectivity index (χ3v) is 4.58. The van der Waals surface area contributed by atoms with E-state index >= 15 is 0 Å². The molecule has 0 bridgehead atoms. The van der Waals surface area contributed by atoms with Crippen LogP contribution in [0.3, 0.4) is 0 Å². The first-order valence-corrected chi connectivity index (χ1v) is 9.40. The summed E-state index contributed by atoms with van der Waals surface area (Å²) < 4.78 is 0. The Balaban J connectivity index is 2.85. The van der Waals surface area contributed by atoms with Gasteiger partial charge in [0.1, 0.15) is 0 Å². The zero-order valence-corrected chi connectivity index (χ0v) is 17.0. The van der Waals surface area contributed by atoms with Crippen molar-refractivity contribution in [2.45, 2.75) is 46.1 Å². The normalized spacial score (nSPS) is 15.3. The van der Waals surface area contributed by atoms with E-state index in [4.69, 9.17) is 15.3 Å². The van der Waals surface area contributed by atoms with E-state index < -0.39 is 24.5 Å². The molecule has 0 spiro atoms. The predicted octanol–water partition coefficient (Wildman–Crippen LogP) is 2.64. The SMILES string of the molecule is CC(=C[C@@H](C)C[C@@H](C)c1ccc(C)cc1C=CCO)C(=O)N[C@@H](CO)C(=O)O. The van der Waals surface area contributed by atoms with Gasteiger partial charge in [-0.05, 0) is 43.2 Å². The van der Waals surface area contributed by atoms with Crippen LogP contribution in [0.1, 0.15) is 49.8 Å². The number of rotatable bonds is 10. The van der Waals surface area contributed by atoms with E-state index in [9.17, 15) is 9.59 Å². The average molecular weight is 389 g/mol. The molecule has 28 heavy (non-hydrogen) atoms. The maximum atomic E-state index is 12.1. The van der Waals surface area contributed by atoms with Crippen molar-refractivity contribution >= 4 is 18.0 Å². The van der Waals surface area contributed by atoms with Crippen molar-refractivity contribution in [1.29, 1.82) is 0 Å². The molecule has 4 N–H and O–H groups in total. The van der Waals surface area contributed by atoms with Crippen molar-refractivity contribution in [3.63, 3.8) is 0 Å². The first kappa shape index (κ1) is 23.6. The van der Waals surface area contributed by atoms with E-state index in [0.29, 0.717) is 5.57 Å². The minimum atomic E-state index is -1.31. The quantitative estimate of drug-likeness (QED) is 0.460. The number of carboxylic acid groups (broad SMARTS) is 1. The highest BCUT2D eigenvalue weighted by Crippen LogP contribution is 2.28. The molecule has 0 heterocycles. The summed E-state index contributed by atoms with van der Waals surface area (Å²) in [7, 11) is 0. The highest BCUT2D eigenvalue weighted by Gasteiger charge is 2.20. The molecule has 0 fully saturated rings. The number of allylic oxidation sites excluding steroid dienone is 1. The topological polar surface area (TPSA) is 107 Å². The van der Waals surface area contributed by atoms with E-state index in [1.54, 1.807) is 13.0 Å². The van der Waals surface area contributed by atoms with E-state index in [1.807, 2.05) is 26.0 Å². The Morgan fingerprint density at radius 2 is 1.89 bits per heavy atom. The summed E-state index contributed by atoms with van der Waals surface area (Å²) in [5.41, 5.74) is 3.80. The third kappa shape index (κ3) is 7.29. The maximum Gasteiger partial charge on any atom is 0.328 e. The first-order valence-electron chi connectivity index (χ1n) is 9.40. The lowest BCUT2D eigenvalue weighted by atomic mass is 9.87. The Kier molecular flexibility index (Phi) is 9.62. The van der Waals surface area contributed by atoms with Gasteiger partial charge in [0, 0.05) is 5.57 Å². The number of carboxylic acids is 1. The van der Waals surface area contributed by atoms with Crippen LogP contribution in [0.25, 0.3) is 6.08 Å². The van der Waals surface area contributed by atoms with E-state index in [1.165, 1.54) is 5.56 Å². The zero-order valence-electron chi connectivity index (χ0n) is 17.0. The number of aliphatic hydroxyl groups is 2. The largest absolute Gasteiger partial charge is 0.480 e. The molecule has 1 aromatic carbocycles. The molecule has 3 atom stereocenters. The van der Waals surface area contributed by atoms with Crippen LogP contribution in [0.15, 0.2) is 35.9 Å². The summed E-state index contributed by atoms with van der Waals surface area (Å²) >= 11 is 0. The molecular formula is C22H31NO5. The second kappa shape index (κ2) is 11.4. The van der Waals surface area contributed by atoms with Crippen LogP contribution in [0.5, 0.6) is 0 Å². The zero-order chi connectivity index (χ0) is 21.3. The number of aliphatic carboxylic acids is 1. The van der Waals surface area contributed by atoms with Gasteiger partial charge in [-0.2, -0.15) is 0 Å². The fourth-order valence-corrected chi connectivity index (χ4v) is 3.18. The lowest BCUT2D eigenvalue weighted by Gasteiger charge is -2.19. The number of hydrogen-bond donors (Lipinski definition) is 4. The minimum absolute atomic E-state index is 0.0135. The number of carbonyl (C=O) groups excluding carboxylic acids is 1. The number of hydrogen-bond acceptors (Lipinski definition) is 4. The Morgan fingerprint density at radius 3 is 2.46 bits per heavy atom. The van der Waals surface area contributed by atoms with Gasteiger partial charge in [0.25, 0.3) is 0 Å². The number of aliphatic hydroxyl groups excluding tert-OH is 2. The summed E-state index contributed by atoms with van der Waals surface area (Å²) in [6, 6.07) is 4.92. The van der Waals surface area contributed by atoms with Gasteiger partial charge in [-0.1, -0.05) is 55.8 Å². The van der Waals surface area contributed by atoms with Gasteiger partial charge in [0.2, 0.25) is 5.91 Å². The van der Waals surface area contributed by atoms with Crippen LogP contribution >= 0.6 is 0 Å².